The van der Waals surface area contributed by atoms with E-state index in [-0.39, 0.29) is 30.1 Å². The van der Waals surface area contributed by atoms with Crippen molar-refractivity contribution in [3.05, 3.63) is 26.2 Å². The summed E-state index contributed by atoms with van der Waals surface area (Å²) in [4.78, 5) is 40.3. The third-order valence-corrected chi connectivity index (χ3v) is 3.17. The van der Waals surface area contributed by atoms with Crippen molar-refractivity contribution in [3.63, 3.8) is 0 Å². The van der Waals surface area contributed by atoms with E-state index in [2.05, 4.69) is 15.3 Å². The lowest BCUT2D eigenvalue weighted by atomic mass is 9.96. The fourth-order valence-corrected chi connectivity index (χ4v) is 1.76. The molecule has 0 saturated carbocycles. The van der Waals surface area contributed by atoms with Gasteiger partial charge in [-0.1, -0.05) is 20.8 Å². The van der Waals surface area contributed by atoms with E-state index in [1.54, 1.807) is 20.8 Å². The first-order valence-electron chi connectivity index (χ1n) is 6.89. The molecule has 0 aliphatic carbocycles. The molecule has 1 aromatic heterocycles. The van der Waals surface area contributed by atoms with E-state index in [4.69, 9.17) is 4.74 Å². The van der Waals surface area contributed by atoms with Crippen LogP contribution in [0.3, 0.4) is 0 Å². The lowest BCUT2D eigenvalue weighted by molar-refractivity contribution is -0.387. The zero-order valence-electron chi connectivity index (χ0n) is 12.6. The fourth-order valence-electron chi connectivity index (χ4n) is 1.76. The molecule has 1 aliphatic heterocycles. The zero-order chi connectivity index (χ0) is 16.5. The second kappa shape index (κ2) is 5.84. The van der Waals surface area contributed by atoms with Gasteiger partial charge in [-0.25, -0.2) is 4.98 Å². The lowest BCUT2D eigenvalue weighted by Gasteiger charge is -2.17. The molecule has 1 saturated heterocycles. The van der Waals surface area contributed by atoms with Crippen LogP contribution >= 0.6 is 0 Å². The number of nitro groups is 1. The van der Waals surface area contributed by atoms with Gasteiger partial charge in [0.2, 0.25) is 11.9 Å². The van der Waals surface area contributed by atoms with Crippen LogP contribution in [0.2, 0.25) is 0 Å². The summed E-state index contributed by atoms with van der Waals surface area (Å²) in [6.07, 6.45) is 0.848. The summed E-state index contributed by atoms with van der Waals surface area (Å²) in [7, 11) is 0. The summed E-state index contributed by atoms with van der Waals surface area (Å²) in [6.45, 7) is 5.73. The Kier molecular flexibility index (Phi) is 4.27. The van der Waals surface area contributed by atoms with Crippen molar-refractivity contribution in [2.75, 3.05) is 11.9 Å². The van der Waals surface area contributed by atoms with Crippen molar-refractivity contribution in [2.24, 2.45) is 5.41 Å². The van der Waals surface area contributed by atoms with Gasteiger partial charge in [-0.05, 0) is 12.8 Å². The monoisotopic (exact) mass is 310 g/mol. The number of epoxide rings is 1. The Morgan fingerprint density at radius 2 is 2.18 bits per heavy atom. The van der Waals surface area contributed by atoms with Gasteiger partial charge >= 0.3 is 11.2 Å². The maximum Gasteiger partial charge on any atom is 0.355 e. The number of ether oxygens (including phenoxy) is 1. The molecule has 0 bridgehead atoms. The fraction of sp³-hybridized carbons (Fsp3) is 0.615. The van der Waals surface area contributed by atoms with Crippen molar-refractivity contribution < 1.29 is 14.5 Å². The van der Waals surface area contributed by atoms with E-state index in [0.29, 0.717) is 13.0 Å². The molecule has 22 heavy (non-hydrogen) atoms. The normalized spacial score (nSPS) is 17.1. The minimum absolute atomic E-state index is 0.0495. The summed E-state index contributed by atoms with van der Waals surface area (Å²) in [6, 6.07) is 0. The number of aromatic nitrogens is 2. The smallest absolute Gasteiger partial charge is 0.355 e. The van der Waals surface area contributed by atoms with Crippen LogP contribution < -0.4 is 10.9 Å². The summed E-state index contributed by atoms with van der Waals surface area (Å²) in [5.41, 5.74) is -2.10. The number of anilines is 1. The van der Waals surface area contributed by atoms with Gasteiger partial charge in [0.25, 0.3) is 0 Å². The number of aromatic amines is 1. The van der Waals surface area contributed by atoms with Gasteiger partial charge in [-0.2, -0.15) is 0 Å². The number of rotatable bonds is 5. The van der Waals surface area contributed by atoms with Crippen LogP contribution in [0.25, 0.3) is 0 Å². The van der Waals surface area contributed by atoms with E-state index in [1.165, 1.54) is 0 Å². The molecule has 1 atom stereocenters. The molecule has 1 fully saturated rings. The summed E-state index contributed by atoms with van der Waals surface area (Å²) in [5.74, 6) is -0.428. The predicted octanol–water partition coefficient (Wildman–Crippen LogP) is 0.994. The number of nitrogens with one attached hydrogen (secondary N) is 2. The highest BCUT2D eigenvalue weighted by atomic mass is 16.6. The Morgan fingerprint density at radius 3 is 2.68 bits per heavy atom. The highest BCUT2D eigenvalue weighted by Crippen LogP contribution is 2.21. The highest BCUT2D eigenvalue weighted by Gasteiger charge is 2.28. The van der Waals surface area contributed by atoms with Gasteiger partial charge in [0, 0.05) is 5.41 Å². The van der Waals surface area contributed by atoms with Crippen LogP contribution in [-0.2, 0) is 16.0 Å². The van der Waals surface area contributed by atoms with E-state index in [1.807, 2.05) is 0 Å². The number of hydrogen-bond donors (Lipinski definition) is 2. The second-order valence-corrected chi connectivity index (χ2v) is 6.17. The topological polar surface area (TPSA) is 131 Å². The highest BCUT2D eigenvalue weighted by molar-refractivity contribution is 5.93. The van der Waals surface area contributed by atoms with E-state index < -0.39 is 21.6 Å². The van der Waals surface area contributed by atoms with Crippen LogP contribution in [0, 0.1) is 15.5 Å². The Bertz CT molecular complexity index is 657. The summed E-state index contributed by atoms with van der Waals surface area (Å²) < 4.78 is 5.05. The first-order chi connectivity index (χ1) is 10.2. The Hall–Kier alpha value is -2.29. The number of carbonyl (C=O) groups excluding carboxylic acids is 1. The van der Waals surface area contributed by atoms with Crippen LogP contribution in [0.15, 0.2) is 4.79 Å². The van der Waals surface area contributed by atoms with Gasteiger partial charge in [-0.15, -0.1) is 0 Å². The van der Waals surface area contributed by atoms with Crippen LogP contribution in [-0.4, -0.2) is 33.5 Å². The van der Waals surface area contributed by atoms with Crippen molar-refractivity contribution in [2.45, 2.75) is 39.7 Å². The molecule has 2 heterocycles. The molecule has 2 rings (SSSR count). The summed E-state index contributed by atoms with van der Waals surface area (Å²) in [5, 5.41) is 13.5. The number of aryl methyl sites for hydroxylation is 1. The summed E-state index contributed by atoms with van der Waals surface area (Å²) >= 11 is 0. The molecule has 1 amide bonds. The molecule has 9 heteroatoms. The lowest BCUT2D eigenvalue weighted by Crippen LogP contribution is -2.30. The molecule has 0 aromatic carbocycles. The minimum Gasteiger partial charge on any atom is -0.373 e. The number of H-pyrrole nitrogens is 1. The van der Waals surface area contributed by atoms with Gasteiger partial charge in [0.15, 0.2) is 0 Å². The van der Waals surface area contributed by atoms with Crippen molar-refractivity contribution in [3.8, 4) is 0 Å². The maximum atomic E-state index is 11.9. The molecule has 2 N–H and O–H groups in total. The van der Waals surface area contributed by atoms with E-state index >= 15 is 0 Å². The van der Waals surface area contributed by atoms with Crippen LogP contribution in [0.5, 0.6) is 0 Å². The van der Waals surface area contributed by atoms with Gasteiger partial charge in [0.05, 0.1) is 17.6 Å². The number of hydrogen-bond acceptors (Lipinski definition) is 6. The largest absolute Gasteiger partial charge is 0.373 e. The standard InChI is InChI=1S/C13H18N4O5/c1-13(2,3)11(19)16-12-14-8(5-4-7-6-22-7)9(17(20)21)10(18)15-12/h7H,4-6H2,1-3H3,(H2,14,15,16,18,19). The van der Waals surface area contributed by atoms with Crippen LogP contribution in [0.1, 0.15) is 32.9 Å². The van der Waals surface area contributed by atoms with E-state index in [9.17, 15) is 19.7 Å². The molecular weight excluding hydrogens is 292 g/mol. The van der Waals surface area contributed by atoms with Crippen molar-refractivity contribution in [1.29, 1.82) is 0 Å². The average Bonchev–Trinajstić information content (AvgIpc) is 3.17. The molecular formula is C13H18N4O5. The SMILES string of the molecule is CC(C)(C)C(=O)Nc1nc(CCC2CO2)c([N+](=O)[O-])c(=O)[nH]1. The first kappa shape index (κ1) is 16.1. The first-order valence-corrected chi connectivity index (χ1v) is 6.89. The predicted molar refractivity (Wildman–Crippen MR) is 77.7 cm³/mol. The quantitative estimate of drug-likeness (QED) is 0.474. The average molecular weight is 310 g/mol. The Morgan fingerprint density at radius 1 is 1.55 bits per heavy atom. The zero-order valence-corrected chi connectivity index (χ0v) is 12.6. The molecule has 120 valence electrons. The van der Waals surface area contributed by atoms with Crippen LogP contribution in [0.4, 0.5) is 11.6 Å². The Labute approximate surface area is 126 Å². The molecule has 0 spiro atoms. The van der Waals surface area contributed by atoms with Crippen molar-refractivity contribution in [1.82, 2.24) is 9.97 Å². The number of carbonyl (C=O) groups is 1. The Balaban J connectivity index is 2.29. The third-order valence-electron chi connectivity index (χ3n) is 3.17. The van der Waals surface area contributed by atoms with Gasteiger partial charge in [-0.3, -0.25) is 30.0 Å². The third kappa shape index (κ3) is 3.88. The second-order valence-electron chi connectivity index (χ2n) is 6.17. The molecule has 1 aromatic rings. The number of amides is 1. The molecule has 9 nitrogen and oxygen atoms in total. The van der Waals surface area contributed by atoms with Gasteiger partial charge in [0.1, 0.15) is 5.69 Å². The molecule has 1 unspecified atom stereocenters. The maximum absolute atomic E-state index is 11.9. The van der Waals surface area contributed by atoms with E-state index in [0.717, 1.165) is 0 Å². The van der Waals surface area contributed by atoms with Crippen molar-refractivity contribution >= 4 is 17.5 Å². The molecule has 1 aliphatic rings. The minimum atomic E-state index is -0.879. The number of nitrogens with zero attached hydrogens (tertiary/aromatic N) is 2. The van der Waals surface area contributed by atoms with Gasteiger partial charge < -0.3 is 4.74 Å². The molecule has 0 radical (unpaired) electrons.